The Morgan fingerprint density at radius 3 is 2.69 bits per heavy atom. The second-order valence-corrected chi connectivity index (χ2v) is 6.22. The Kier molecular flexibility index (Phi) is 4.08. The van der Waals surface area contributed by atoms with Gasteiger partial charge in [-0.15, -0.1) is 0 Å². The first-order chi connectivity index (χ1) is 12.5. The van der Waals surface area contributed by atoms with Gasteiger partial charge in [-0.1, -0.05) is 23.7 Å². The third kappa shape index (κ3) is 2.80. The predicted molar refractivity (Wildman–Crippen MR) is 92.6 cm³/mol. The molecule has 2 heterocycles. The molecule has 0 bridgehead atoms. The number of ether oxygens (including phenoxy) is 3. The summed E-state index contributed by atoms with van der Waals surface area (Å²) in [7, 11) is 0. The lowest BCUT2D eigenvalue weighted by Gasteiger charge is -2.33. The van der Waals surface area contributed by atoms with E-state index in [1.54, 1.807) is 30.3 Å². The van der Waals surface area contributed by atoms with Gasteiger partial charge in [0.25, 0.3) is 5.91 Å². The van der Waals surface area contributed by atoms with Crippen LogP contribution in [0.4, 0.5) is 5.69 Å². The first kappa shape index (κ1) is 16.5. The quantitative estimate of drug-likeness (QED) is 0.868. The van der Waals surface area contributed by atoms with Crippen molar-refractivity contribution in [2.24, 2.45) is 0 Å². The molecule has 2 aromatic carbocycles. The van der Waals surface area contributed by atoms with Gasteiger partial charge in [-0.2, -0.15) is 0 Å². The molecule has 2 aromatic rings. The number of carbonyl (C=O) groups excluding carboxylic acids is 1. The van der Waals surface area contributed by atoms with Crippen molar-refractivity contribution < 1.29 is 28.9 Å². The van der Waals surface area contributed by atoms with E-state index in [1.165, 1.54) is 11.0 Å². The third-order valence-electron chi connectivity index (χ3n) is 4.14. The molecule has 1 atom stereocenters. The van der Waals surface area contributed by atoms with Crippen LogP contribution in [0.3, 0.4) is 0 Å². The topological polar surface area (TPSA) is 85.3 Å². The Balaban J connectivity index is 1.74. The number of hydrogen-bond acceptors (Lipinski definition) is 5. The third-order valence-corrected chi connectivity index (χ3v) is 4.42. The Hall–Kier alpha value is -2.93. The smallest absolute Gasteiger partial charge is 0.346 e. The molecule has 0 radical (unpaired) electrons. The fourth-order valence-electron chi connectivity index (χ4n) is 2.95. The number of carboxylic acid groups (broad SMARTS) is 1. The van der Waals surface area contributed by atoms with Crippen molar-refractivity contribution in [3.05, 3.63) is 47.0 Å². The second kappa shape index (κ2) is 6.42. The normalized spacial score (nSPS) is 17.9. The number of carbonyl (C=O) groups is 2. The van der Waals surface area contributed by atoms with Crippen molar-refractivity contribution in [3.8, 4) is 17.2 Å². The molecule has 0 saturated heterocycles. The number of fused-ring (bicyclic) bond motifs is 2. The van der Waals surface area contributed by atoms with E-state index in [0.717, 1.165) is 0 Å². The lowest BCUT2D eigenvalue weighted by molar-refractivity contribution is -0.144. The summed E-state index contributed by atoms with van der Waals surface area (Å²) in [5, 5.41) is 9.58. The summed E-state index contributed by atoms with van der Waals surface area (Å²) in [4.78, 5) is 25.9. The van der Waals surface area contributed by atoms with Gasteiger partial charge in [0.05, 0.1) is 17.3 Å². The van der Waals surface area contributed by atoms with E-state index in [2.05, 4.69) is 0 Å². The molecule has 0 aromatic heterocycles. The van der Waals surface area contributed by atoms with Crippen LogP contribution in [-0.4, -0.2) is 42.8 Å². The number of para-hydroxylation sites is 2. The summed E-state index contributed by atoms with van der Waals surface area (Å²) in [5.74, 6) is -0.407. The zero-order valence-electron chi connectivity index (χ0n) is 13.5. The second-order valence-electron chi connectivity index (χ2n) is 5.81. The molecule has 0 aliphatic carbocycles. The molecule has 134 valence electrons. The minimum atomic E-state index is -1.15. The van der Waals surface area contributed by atoms with Crippen LogP contribution in [0.25, 0.3) is 0 Å². The van der Waals surface area contributed by atoms with Gasteiger partial charge in [-0.25, -0.2) is 4.79 Å². The van der Waals surface area contributed by atoms with Crippen molar-refractivity contribution in [1.82, 2.24) is 0 Å². The van der Waals surface area contributed by atoms with Crippen LogP contribution in [0.2, 0.25) is 5.02 Å². The number of carboxylic acids is 1. The SMILES string of the molecule is O=C(O)[C@H]1CN(C(=O)c2cc(Cl)c3c(c2)OCCO3)c2ccccc2O1. The van der Waals surface area contributed by atoms with Gasteiger partial charge < -0.3 is 24.2 Å². The number of aliphatic carboxylic acids is 1. The van der Waals surface area contributed by atoms with Crippen LogP contribution in [-0.2, 0) is 4.79 Å². The number of anilines is 1. The van der Waals surface area contributed by atoms with E-state index >= 15 is 0 Å². The molecule has 1 amide bonds. The van der Waals surface area contributed by atoms with Crippen LogP contribution < -0.4 is 19.1 Å². The Morgan fingerprint density at radius 1 is 1.12 bits per heavy atom. The summed E-state index contributed by atoms with van der Waals surface area (Å²) in [5.41, 5.74) is 0.779. The molecular formula is C18H14ClNO6. The van der Waals surface area contributed by atoms with Crippen LogP contribution in [0.1, 0.15) is 10.4 Å². The molecule has 0 unspecified atom stereocenters. The van der Waals surface area contributed by atoms with E-state index in [1.807, 2.05) is 0 Å². The van der Waals surface area contributed by atoms with E-state index in [0.29, 0.717) is 36.1 Å². The van der Waals surface area contributed by atoms with Gasteiger partial charge in [0, 0.05) is 5.56 Å². The van der Waals surface area contributed by atoms with Gasteiger partial charge in [0.1, 0.15) is 19.0 Å². The molecular weight excluding hydrogens is 362 g/mol. The summed E-state index contributed by atoms with van der Waals surface area (Å²) in [6, 6.07) is 9.83. The Bertz CT molecular complexity index is 899. The first-order valence-corrected chi connectivity index (χ1v) is 8.32. The molecule has 8 heteroatoms. The van der Waals surface area contributed by atoms with Crippen molar-refractivity contribution in [2.75, 3.05) is 24.7 Å². The van der Waals surface area contributed by atoms with Crippen LogP contribution in [0, 0.1) is 0 Å². The van der Waals surface area contributed by atoms with Crippen LogP contribution >= 0.6 is 11.6 Å². The maximum absolute atomic E-state index is 13.1. The Morgan fingerprint density at radius 2 is 1.88 bits per heavy atom. The fraction of sp³-hybridized carbons (Fsp3) is 0.222. The van der Waals surface area contributed by atoms with E-state index in [4.69, 9.17) is 25.8 Å². The van der Waals surface area contributed by atoms with Crippen molar-refractivity contribution >= 4 is 29.2 Å². The minimum Gasteiger partial charge on any atom is -0.486 e. The van der Waals surface area contributed by atoms with Crippen LogP contribution in [0.5, 0.6) is 17.2 Å². The maximum Gasteiger partial charge on any atom is 0.346 e. The summed E-state index contributed by atoms with van der Waals surface area (Å²) in [6.07, 6.45) is -1.15. The van der Waals surface area contributed by atoms with Gasteiger partial charge in [0.2, 0.25) is 6.10 Å². The summed E-state index contributed by atoms with van der Waals surface area (Å²) < 4.78 is 16.4. The fourth-order valence-corrected chi connectivity index (χ4v) is 3.21. The molecule has 4 rings (SSSR count). The van der Waals surface area contributed by atoms with E-state index in [-0.39, 0.29) is 17.1 Å². The number of nitrogens with zero attached hydrogens (tertiary/aromatic N) is 1. The average molecular weight is 376 g/mol. The van der Waals surface area contributed by atoms with Crippen molar-refractivity contribution in [1.29, 1.82) is 0 Å². The zero-order valence-corrected chi connectivity index (χ0v) is 14.2. The van der Waals surface area contributed by atoms with Crippen molar-refractivity contribution in [3.63, 3.8) is 0 Å². The predicted octanol–water partition coefficient (Wildman–Crippen LogP) is 2.60. The summed E-state index contributed by atoms with van der Waals surface area (Å²) >= 11 is 6.22. The lowest BCUT2D eigenvalue weighted by Crippen LogP contribution is -2.47. The Labute approximate surface area is 153 Å². The largest absolute Gasteiger partial charge is 0.486 e. The average Bonchev–Trinajstić information content (AvgIpc) is 2.66. The molecule has 0 spiro atoms. The zero-order chi connectivity index (χ0) is 18.3. The molecule has 0 saturated carbocycles. The molecule has 2 aliphatic rings. The number of amides is 1. The van der Waals surface area contributed by atoms with Crippen LogP contribution in [0.15, 0.2) is 36.4 Å². The number of rotatable bonds is 2. The number of benzene rings is 2. The van der Waals surface area contributed by atoms with Gasteiger partial charge in [0.15, 0.2) is 11.5 Å². The minimum absolute atomic E-state index is 0.114. The molecule has 26 heavy (non-hydrogen) atoms. The van der Waals surface area contributed by atoms with Crippen molar-refractivity contribution in [2.45, 2.75) is 6.10 Å². The first-order valence-electron chi connectivity index (χ1n) is 7.94. The van der Waals surface area contributed by atoms with Gasteiger partial charge in [-0.05, 0) is 24.3 Å². The highest BCUT2D eigenvalue weighted by Gasteiger charge is 2.34. The highest BCUT2D eigenvalue weighted by Crippen LogP contribution is 2.40. The molecule has 7 nitrogen and oxygen atoms in total. The lowest BCUT2D eigenvalue weighted by atomic mass is 10.1. The maximum atomic E-state index is 13.1. The summed E-state index contributed by atoms with van der Waals surface area (Å²) in [6.45, 7) is 0.636. The van der Waals surface area contributed by atoms with Gasteiger partial charge >= 0.3 is 5.97 Å². The molecule has 2 aliphatic heterocycles. The molecule has 1 N–H and O–H groups in total. The highest BCUT2D eigenvalue weighted by molar-refractivity contribution is 6.33. The van der Waals surface area contributed by atoms with E-state index in [9.17, 15) is 14.7 Å². The molecule has 0 fully saturated rings. The monoisotopic (exact) mass is 375 g/mol. The van der Waals surface area contributed by atoms with E-state index < -0.39 is 18.0 Å². The number of hydrogen-bond donors (Lipinski definition) is 1. The highest BCUT2D eigenvalue weighted by atomic mass is 35.5. The standard InChI is InChI=1S/C18H14ClNO6/c19-11-7-10(8-14-16(11)25-6-5-24-14)17(21)20-9-15(18(22)23)26-13-4-2-1-3-12(13)20/h1-4,7-8,15H,5-6,9H2,(H,22,23)/t15-/m1/s1. The number of halogens is 1. The van der Waals surface area contributed by atoms with Gasteiger partial charge in [-0.3, -0.25) is 4.79 Å².